The van der Waals surface area contributed by atoms with Gasteiger partial charge in [-0.3, -0.25) is 14.6 Å². The van der Waals surface area contributed by atoms with Gasteiger partial charge in [0.2, 0.25) is 0 Å². The number of amides is 2. The molecule has 3 aromatic rings. The maximum absolute atomic E-state index is 12.7. The molecule has 160 valence electrons. The van der Waals surface area contributed by atoms with Crippen LogP contribution in [-0.4, -0.2) is 23.4 Å². The number of anilines is 1. The average Bonchev–Trinajstić information content (AvgIpc) is 2.77. The second-order valence-corrected chi connectivity index (χ2v) is 6.44. The number of aromatic nitrogens is 1. The van der Waals surface area contributed by atoms with E-state index < -0.39 is 24.3 Å². The van der Waals surface area contributed by atoms with Gasteiger partial charge in [0, 0.05) is 17.4 Å². The third-order valence-corrected chi connectivity index (χ3v) is 4.12. The van der Waals surface area contributed by atoms with Gasteiger partial charge in [-0.25, -0.2) is 0 Å². The topological polar surface area (TPSA) is 80.3 Å². The molecule has 0 fully saturated rings. The van der Waals surface area contributed by atoms with Crippen molar-refractivity contribution in [2.75, 3.05) is 11.9 Å². The van der Waals surface area contributed by atoms with Crippen molar-refractivity contribution in [2.45, 2.75) is 12.7 Å². The Morgan fingerprint density at radius 3 is 2.42 bits per heavy atom. The molecule has 31 heavy (non-hydrogen) atoms. The number of halogens is 3. The molecule has 0 aliphatic carbocycles. The van der Waals surface area contributed by atoms with E-state index in [1.165, 1.54) is 36.4 Å². The summed E-state index contributed by atoms with van der Waals surface area (Å²) >= 11 is 0. The molecule has 0 spiro atoms. The maximum atomic E-state index is 12.7. The van der Waals surface area contributed by atoms with Crippen LogP contribution in [0.5, 0.6) is 5.75 Å². The molecule has 0 unspecified atom stereocenters. The minimum atomic E-state index is -4.50. The molecule has 1 heterocycles. The molecule has 2 aromatic carbocycles. The summed E-state index contributed by atoms with van der Waals surface area (Å²) in [5.41, 5.74) is 0.283. The number of carbonyl (C=O) groups excluding carboxylic acids is 2. The standard InChI is InChI=1S/C22H18F3N3O3/c23-22(24,25)16-4-3-6-17(12-16)28-20(29)14-31-19-9-7-15(8-10-19)21(30)27-13-18-5-1-2-11-26-18/h1-12H,13-14H2,(H,27,30)(H,28,29). The number of nitrogens with one attached hydrogen (secondary N) is 2. The predicted octanol–water partition coefficient (Wildman–Crippen LogP) is 4.05. The van der Waals surface area contributed by atoms with E-state index in [-0.39, 0.29) is 18.1 Å². The molecular weight excluding hydrogens is 411 g/mol. The summed E-state index contributed by atoms with van der Waals surface area (Å²) in [5, 5.41) is 5.09. The lowest BCUT2D eigenvalue weighted by Crippen LogP contribution is -2.23. The number of ether oxygens (including phenoxy) is 1. The van der Waals surface area contributed by atoms with E-state index in [1.54, 1.807) is 18.3 Å². The fourth-order valence-electron chi connectivity index (χ4n) is 2.60. The summed E-state index contributed by atoms with van der Waals surface area (Å²) < 4.78 is 43.5. The smallest absolute Gasteiger partial charge is 0.416 e. The van der Waals surface area contributed by atoms with Crippen LogP contribution in [0.25, 0.3) is 0 Å². The molecule has 0 saturated heterocycles. The summed E-state index contributed by atoms with van der Waals surface area (Å²) in [7, 11) is 0. The number of benzene rings is 2. The molecule has 0 atom stereocenters. The van der Waals surface area contributed by atoms with E-state index in [2.05, 4.69) is 15.6 Å². The monoisotopic (exact) mass is 429 g/mol. The van der Waals surface area contributed by atoms with Gasteiger partial charge in [-0.05, 0) is 54.6 Å². The zero-order chi connectivity index (χ0) is 22.3. The van der Waals surface area contributed by atoms with Gasteiger partial charge in [-0.2, -0.15) is 13.2 Å². The molecular formula is C22H18F3N3O3. The van der Waals surface area contributed by atoms with Crippen molar-refractivity contribution in [1.29, 1.82) is 0 Å². The van der Waals surface area contributed by atoms with Crippen LogP contribution in [-0.2, 0) is 17.5 Å². The molecule has 6 nitrogen and oxygen atoms in total. The molecule has 2 N–H and O–H groups in total. The van der Waals surface area contributed by atoms with E-state index in [0.29, 0.717) is 11.3 Å². The predicted molar refractivity (Wildman–Crippen MR) is 107 cm³/mol. The first-order chi connectivity index (χ1) is 14.8. The summed E-state index contributed by atoms with van der Waals surface area (Å²) in [6, 6.07) is 15.8. The number of pyridine rings is 1. The van der Waals surface area contributed by atoms with E-state index in [1.807, 2.05) is 6.07 Å². The van der Waals surface area contributed by atoms with Crippen LogP contribution in [0.2, 0.25) is 0 Å². The van der Waals surface area contributed by atoms with Crippen LogP contribution in [0.3, 0.4) is 0 Å². The van der Waals surface area contributed by atoms with Crippen LogP contribution >= 0.6 is 0 Å². The van der Waals surface area contributed by atoms with E-state index in [9.17, 15) is 22.8 Å². The summed E-state index contributed by atoms with van der Waals surface area (Å²) in [6.07, 6.45) is -2.86. The lowest BCUT2D eigenvalue weighted by atomic mass is 10.2. The lowest BCUT2D eigenvalue weighted by molar-refractivity contribution is -0.137. The highest BCUT2D eigenvalue weighted by molar-refractivity contribution is 5.94. The second-order valence-electron chi connectivity index (χ2n) is 6.44. The quantitative estimate of drug-likeness (QED) is 0.594. The summed E-state index contributed by atoms with van der Waals surface area (Å²) in [4.78, 5) is 28.2. The van der Waals surface area contributed by atoms with E-state index >= 15 is 0 Å². The molecule has 0 bridgehead atoms. The van der Waals surface area contributed by atoms with E-state index in [0.717, 1.165) is 17.8 Å². The Balaban J connectivity index is 1.48. The first kappa shape index (κ1) is 21.8. The van der Waals surface area contributed by atoms with Crippen molar-refractivity contribution in [2.24, 2.45) is 0 Å². The second kappa shape index (κ2) is 9.75. The van der Waals surface area contributed by atoms with Crippen molar-refractivity contribution < 1.29 is 27.5 Å². The van der Waals surface area contributed by atoms with Gasteiger partial charge in [0.05, 0.1) is 17.8 Å². The Kier molecular flexibility index (Phi) is 6.86. The van der Waals surface area contributed by atoms with Gasteiger partial charge in [0.15, 0.2) is 6.61 Å². The molecule has 2 amide bonds. The van der Waals surface area contributed by atoms with Crippen LogP contribution in [0.4, 0.5) is 18.9 Å². The van der Waals surface area contributed by atoms with E-state index in [4.69, 9.17) is 4.74 Å². The zero-order valence-electron chi connectivity index (χ0n) is 16.1. The molecule has 0 aliphatic rings. The number of carbonyl (C=O) groups is 2. The molecule has 0 radical (unpaired) electrons. The molecule has 9 heteroatoms. The Morgan fingerprint density at radius 1 is 0.968 bits per heavy atom. The first-order valence-electron chi connectivity index (χ1n) is 9.19. The molecule has 1 aromatic heterocycles. The van der Waals surface area contributed by atoms with Gasteiger partial charge in [-0.1, -0.05) is 12.1 Å². The van der Waals surface area contributed by atoms with Crippen LogP contribution < -0.4 is 15.4 Å². The van der Waals surface area contributed by atoms with Gasteiger partial charge in [-0.15, -0.1) is 0 Å². The number of alkyl halides is 3. The highest BCUT2D eigenvalue weighted by Crippen LogP contribution is 2.30. The minimum Gasteiger partial charge on any atom is -0.484 e. The fraction of sp³-hybridized carbons (Fsp3) is 0.136. The van der Waals surface area contributed by atoms with Crippen LogP contribution in [0.15, 0.2) is 72.9 Å². The zero-order valence-corrected chi connectivity index (χ0v) is 16.1. The van der Waals surface area contributed by atoms with Crippen molar-refractivity contribution in [3.8, 4) is 5.75 Å². The fourth-order valence-corrected chi connectivity index (χ4v) is 2.60. The first-order valence-corrected chi connectivity index (χ1v) is 9.19. The summed E-state index contributed by atoms with van der Waals surface area (Å²) in [5.74, 6) is -0.573. The van der Waals surface area contributed by atoms with Gasteiger partial charge in [0.1, 0.15) is 5.75 Å². The number of rotatable bonds is 7. The Bertz CT molecular complexity index is 1040. The largest absolute Gasteiger partial charge is 0.484 e. The van der Waals surface area contributed by atoms with Gasteiger partial charge in [0.25, 0.3) is 11.8 Å². The van der Waals surface area contributed by atoms with Crippen molar-refractivity contribution in [3.05, 3.63) is 89.7 Å². The summed E-state index contributed by atoms with van der Waals surface area (Å²) in [6.45, 7) is -0.116. The number of nitrogens with zero attached hydrogens (tertiary/aromatic N) is 1. The van der Waals surface area contributed by atoms with Gasteiger partial charge >= 0.3 is 6.18 Å². The van der Waals surface area contributed by atoms with Crippen LogP contribution in [0.1, 0.15) is 21.6 Å². The van der Waals surface area contributed by atoms with Crippen molar-refractivity contribution >= 4 is 17.5 Å². The minimum absolute atomic E-state index is 0.0170. The Hall–Kier alpha value is -3.88. The van der Waals surface area contributed by atoms with Crippen molar-refractivity contribution in [3.63, 3.8) is 0 Å². The molecule has 3 rings (SSSR count). The van der Waals surface area contributed by atoms with Gasteiger partial charge < -0.3 is 15.4 Å². The highest BCUT2D eigenvalue weighted by Gasteiger charge is 2.30. The molecule has 0 saturated carbocycles. The van der Waals surface area contributed by atoms with Crippen molar-refractivity contribution in [1.82, 2.24) is 10.3 Å². The van der Waals surface area contributed by atoms with Crippen LogP contribution in [0, 0.1) is 0 Å². The normalized spacial score (nSPS) is 10.9. The Labute approximate surface area is 176 Å². The SMILES string of the molecule is O=C(COc1ccc(C(=O)NCc2ccccn2)cc1)Nc1cccc(C(F)(F)F)c1. The highest BCUT2D eigenvalue weighted by atomic mass is 19.4. The number of hydrogen-bond acceptors (Lipinski definition) is 4. The number of hydrogen-bond donors (Lipinski definition) is 2. The maximum Gasteiger partial charge on any atom is 0.416 e. The molecule has 0 aliphatic heterocycles. The Morgan fingerprint density at radius 2 is 1.74 bits per heavy atom. The third kappa shape index (κ3) is 6.56. The lowest BCUT2D eigenvalue weighted by Gasteiger charge is -2.11. The average molecular weight is 429 g/mol. The third-order valence-electron chi connectivity index (χ3n) is 4.12.